The fourth-order valence-corrected chi connectivity index (χ4v) is 0. The molecule has 0 aliphatic rings. The first-order valence-electron chi connectivity index (χ1n) is 6.88. The Morgan fingerprint density at radius 1 is 0.545 bits per heavy atom. The molecular formula is C12H32O8SiTi. The molecule has 4 N–H and O–H groups in total. The molecule has 0 aromatic rings. The average molecular weight is 380 g/mol. The smallest absolute Gasteiger partial charge is 0.854 e. The van der Waals surface area contributed by atoms with Gasteiger partial charge in [-0.1, -0.05) is 53.4 Å². The third-order valence-electron chi connectivity index (χ3n) is 0.816. The van der Waals surface area contributed by atoms with E-state index in [1.165, 1.54) is 0 Å². The fraction of sp³-hybridized carbons (Fsp3) is 1.00. The van der Waals surface area contributed by atoms with E-state index in [4.69, 9.17) is 19.2 Å². The molecule has 0 atom stereocenters. The van der Waals surface area contributed by atoms with E-state index in [0.717, 1.165) is 25.7 Å². The third-order valence-corrected chi connectivity index (χ3v) is 0.816. The molecule has 136 valence electrons. The van der Waals surface area contributed by atoms with Crippen molar-refractivity contribution < 1.29 is 61.3 Å². The molecule has 0 heterocycles. The summed E-state index contributed by atoms with van der Waals surface area (Å²) in [4.78, 5) is 29.3. The second kappa shape index (κ2) is 43.0. The summed E-state index contributed by atoms with van der Waals surface area (Å²) in [7, 11) is -4.61. The summed E-state index contributed by atoms with van der Waals surface area (Å²) >= 11 is 0. The zero-order valence-electron chi connectivity index (χ0n) is 14.1. The molecule has 0 saturated carbocycles. The van der Waals surface area contributed by atoms with Crippen molar-refractivity contribution in [2.45, 2.75) is 53.4 Å². The van der Waals surface area contributed by atoms with Gasteiger partial charge in [-0.15, -0.1) is 26.4 Å². The molecule has 0 aliphatic carbocycles. The molecule has 0 rings (SSSR count). The van der Waals surface area contributed by atoms with Crippen molar-refractivity contribution >= 4 is 9.05 Å². The first-order valence-corrected chi connectivity index (χ1v) is 8.67. The summed E-state index contributed by atoms with van der Waals surface area (Å²) in [6, 6.07) is 0. The minimum Gasteiger partial charge on any atom is -0.854 e. The summed E-state index contributed by atoms with van der Waals surface area (Å²) in [5.41, 5.74) is 0. The molecule has 0 radical (unpaired) electrons. The fourth-order valence-electron chi connectivity index (χ4n) is 0. The van der Waals surface area contributed by atoms with Crippen LogP contribution in [0, 0.1) is 0 Å². The molecule has 0 aromatic heterocycles. The van der Waals surface area contributed by atoms with Crippen LogP contribution in [-0.4, -0.2) is 54.7 Å². The van der Waals surface area contributed by atoms with Crippen molar-refractivity contribution in [3.05, 3.63) is 0 Å². The topological polar surface area (TPSA) is 173 Å². The normalized spacial score (nSPS) is 8.18. The molecule has 8 nitrogen and oxygen atoms in total. The van der Waals surface area contributed by atoms with E-state index >= 15 is 0 Å². The van der Waals surface area contributed by atoms with Crippen LogP contribution in [0.2, 0.25) is 0 Å². The molecule has 10 heteroatoms. The summed E-state index contributed by atoms with van der Waals surface area (Å²) in [5, 5.41) is 37.2. The van der Waals surface area contributed by atoms with E-state index < -0.39 is 9.05 Å². The van der Waals surface area contributed by atoms with Crippen LogP contribution < -0.4 is 20.4 Å². The van der Waals surface area contributed by atoms with Gasteiger partial charge in [0.1, 0.15) is 0 Å². The van der Waals surface area contributed by atoms with Crippen LogP contribution in [0.4, 0.5) is 0 Å². The van der Waals surface area contributed by atoms with Gasteiger partial charge < -0.3 is 39.6 Å². The zero-order valence-corrected chi connectivity index (χ0v) is 16.6. The van der Waals surface area contributed by atoms with E-state index in [9.17, 15) is 20.4 Å². The number of rotatable bonds is 4. The Morgan fingerprint density at radius 3 is 0.591 bits per heavy atom. The van der Waals surface area contributed by atoms with E-state index in [1.807, 2.05) is 27.7 Å². The molecule has 0 spiro atoms. The third kappa shape index (κ3) is 373. The van der Waals surface area contributed by atoms with E-state index in [-0.39, 0.29) is 48.1 Å². The molecule has 0 bridgehead atoms. The second-order valence-electron chi connectivity index (χ2n) is 3.42. The van der Waals surface area contributed by atoms with Crippen molar-refractivity contribution in [1.82, 2.24) is 0 Å². The quantitative estimate of drug-likeness (QED) is 0.362. The monoisotopic (exact) mass is 380 g/mol. The second-order valence-corrected chi connectivity index (χ2v) is 4.62. The van der Waals surface area contributed by atoms with Crippen molar-refractivity contribution in [1.29, 1.82) is 0 Å². The molecule has 0 fully saturated rings. The maximum atomic E-state index is 9.30. The van der Waals surface area contributed by atoms with Gasteiger partial charge in [0.25, 0.3) is 0 Å². The van der Waals surface area contributed by atoms with Crippen LogP contribution in [0.1, 0.15) is 53.4 Å². The first kappa shape index (κ1) is 38.3. The van der Waals surface area contributed by atoms with Crippen LogP contribution in [0.5, 0.6) is 0 Å². The SMILES string of the molecule is CCC[O-].CCC[O-].CCC[O-].CCC[O-].O[Si](O)(O)O.[Ti+4]. The molecule has 0 aromatic carbocycles. The van der Waals surface area contributed by atoms with Gasteiger partial charge in [-0.25, -0.2) is 0 Å². The summed E-state index contributed by atoms with van der Waals surface area (Å²) in [5.74, 6) is 0. The first-order chi connectivity index (χ1) is 9.66. The zero-order chi connectivity index (χ0) is 18.2. The van der Waals surface area contributed by atoms with Crippen LogP contribution in [0.15, 0.2) is 0 Å². The predicted octanol–water partition coefficient (Wildman–Crippen LogP) is -3.58. The van der Waals surface area contributed by atoms with Crippen LogP contribution >= 0.6 is 0 Å². The van der Waals surface area contributed by atoms with E-state index in [1.54, 1.807) is 0 Å². The van der Waals surface area contributed by atoms with Gasteiger partial charge in [0.15, 0.2) is 0 Å². The standard InChI is InChI=1S/4C3H7O.H4O4Si.Ti/c4*1-2-3-4;1-5(2,3)4;/h4*2-3H2,1H3;1-4H;/q4*-1;;+4. The van der Waals surface area contributed by atoms with Gasteiger partial charge in [0, 0.05) is 0 Å². The van der Waals surface area contributed by atoms with Crippen molar-refractivity contribution in [3.8, 4) is 0 Å². The van der Waals surface area contributed by atoms with Crippen LogP contribution in [-0.2, 0) is 21.7 Å². The van der Waals surface area contributed by atoms with Gasteiger partial charge in [-0.05, 0) is 0 Å². The maximum absolute atomic E-state index is 9.30. The molecule has 0 aliphatic heterocycles. The average Bonchev–Trinajstić information content (AvgIpc) is 2.45. The van der Waals surface area contributed by atoms with Crippen molar-refractivity contribution in [2.75, 3.05) is 26.4 Å². The summed E-state index contributed by atoms with van der Waals surface area (Å²) in [6.45, 7) is 7.75. The van der Waals surface area contributed by atoms with Crippen molar-refractivity contribution in [3.63, 3.8) is 0 Å². The van der Waals surface area contributed by atoms with Gasteiger partial charge >= 0.3 is 30.8 Å². The molecule has 22 heavy (non-hydrogen) atoms. The Balaban J connectivity index is -0.0000000361. The minimum absolute atomic E-state index is 0. The maximum Gasteiger partial charge on any atom is 4.00 e. The minimum atomic E-state index is -4.61. The summed E-state index contributed by atoms with van der Waals surface area (Å²) < 4.78 is 0. The summed E-state index contributed by atoms with van der Waals surface area (Å²) in [6.07, 6.45) is 3.06. The van der Waals surface area contributed by atoms with Gasteiger partial charge in [0.05, 0.1) is 0 Å². The van der Waals surface area contributed by atoms with Gasteiger partial charge in [0.2, 0.25) is 0 Å². The Hall–Kier alpha value is 0.611. The molecule has 0 amide bonds. The Morgan fingerprint density at radius 2 is 0.591 bits per heavy atom. The predicted molar refractivity (Wildman–Crippen MR) is 75.3 cm³/mol. The molecule has 0 saturated heterocycles. The Labute approximate surface area is 150 Å². The van der Waals surface area contributed by atoms with Crippen LogP contribution in [0.3, 0.4) is 0 Å². The van der Waals surface area contributed by atoms with E-state index in [0.29, 0.717) is 0 Å². The largest absolute Gasteiger partial charge is 4.00 e. The van der Waals surface area contributed by atoms with Gasteiger partial charge in [-0.3, -0.25) is 0 Å². The Kier molecular flexibility index (Phi) is 74.8. The number of hydrogen-bond donors (Lipinski definition) is 4. The molecule has 0 unspecified atom stereocenters. The van der Waals surface area contributed by atoms with E-state index in [2.05, 4.69) is 0 Å². The van der Waals surface area contributed by atoms with Crippen molar-refractivity contribution in [2.24, 2.45) is 0 Å². The van der Waals surface area contributed by atoms with Gasteiger partial charge in [-0.2, -0.15) is 0 Å². The van der Waals surface area contributed by atoms with Crippen LogP contribution in [0.25, 0.3) is 0 Å². The number of hydrogen-bond acceptors (Lipinski definition) is 8. The Bertz CT molecular complexity index is 98.2. The molecular weight excluding hydrogens is 348 g/mol.